The van der Waals surface area contributed by atoms with E-state index >= 15 is 0 Å². The number of piperazine rings is 1. The molecule has 17 heavy (non-hydrogen) atoms. The topological polar surface area (TPSA) is 58.6 Å². The Labute approximate surface area is 102 Å². The minimum atomic E-state index is -0.763. The average Bonchev–Trinajstić information content (AvgIpc) is 2.25. The molecule has 0 bridgehead atoms. The maximum absolute atomic E-state index is 12.2. The highest BCUT2D eigenvalue weighted by Gasteiger charge is 2.41. The second-order valence-electron chi connectivity index (χ2n) is 4.69. The van der Waals surface area contributed by atoms with Crippen molar-refractivity contribution in [3.05, 3.63) is 0 Å². The van der Waals surface area contributed by atoms with Gasteiger partial charge in [-0.1, -0.05) is 6.92 Å². The van der Waals surface area contributed by atoms with Gasteiger partial charge in [0.25, 0.3) is 0 Å². The van der Waals surface area contributed by atoms with Gasteiger partial charge in [0.15, 0.2) is 0 Å². The molecule has 1 N–H and O–H groups in total. The van der Waals surface area contributed by atoms with Gasteiger partial charge in [-0.25, -0.2) is 0 Å². The largest absolute Gasteiger partial charge is 0.377 e. The summed E-state index contributed by atoms with van der Waals surface area (Å²) >= 11 is 0. The van der Waals surface area contributed by atoms with Gasteiger partial charge in [0, 0.05) is 13.2 Å². The monoisotopic (exact) mass is 242 g/mol. The third-order valence-corrected chi connectivity index (χ3v) is 3.14. The SMILES string of the molecule is CCOC(C)CN1CC(=O)NC(C)(CC)C1=O. The van der Waals surface area contributed by atoms with E-state index < -0.39 is 5.54 Å². The van der Waals surface area contributed by atoms with Crippen molar-refractivity contribution in [1.29, 1.82) is 0 Å². The molecule has 0 aliphatic carbocycles. The summed E-state index contributed by atoms with van der Waals surface area (Å²) in [6, 6.07) is 0. The molecule has 2 unspecified atom stereocenters. The van der Waals surface area contributed by atoms with Gasteiger partial charge in [0.1, 0.15) is 5.54 Å². The molecule has 0 aromatic carbocycles. The Kier molecular flexibility index (Phi) is 4.51. The maximum Gasteiger partial charge on any atom is 0.248 e. The molecule has 1 rings (SSSR count). The molecule has 1 saturated heterocycles. The molecule has 0 aromatic heterocycles. The van der Waals surface area contributed by atoms with E-state index in [1.54, 1.807) is 11.8 Å². The first-order chi connectivity index (χ1) is 7.92. The Morgan fingerprint density at radius 3 is 2.65 bits per heavy atom. The Balaban J connectivity index is 2.71. The molecular weight excluding hydrogens is 220 g/mol. The summed E-state index contributed by atoms with van der Waals surface area (Å²) < 4.78 is 5.40. The summed E-state index contributed by atoms with van der Waals surface area (Å²) in [5.41, 5.74) is -0.763. The van der Waals surface area contributed by atoms with E-state index in [1.807, 2.05) is 20.8 Å². The van der Waals surface area contributed by atoms with Gasteiger partial charge in [-0.15, -0.1) is 0 Å². The van der Waals surface area contributed by atoms with Crippen molar-refractivity contribution in [2.75, 3.05) is 19.7 Å². The fraction of sp³-hybridized carbons (Fsp3) is 0.833. The summed E-state index contributed by atoms with van der Waals surface area (Å²) in [6.45, 7) is 8.70. The Morgan fingerprint density at radius 2 is 2.12 bits per heavy atom. The van der Waals surface area contributed by atoms with Crippen molar-refractivity contribution >= 4 is 11.8 Å². The molecule has 2 amide bonds. The molecule has 98 valence electrons. The first-order valence-electron chi connectivity index (χ1n) is 6.15. The fourth-order valence-electron chi connectivity index (χ4n) is 2.03. The lowest BCUT2D eigenvalue weighted by molar-refractivity contribution is -0.151. The van der Waals surface area contributed by atoms with Gasteiger partial charge in [-0.05, 0) is 27.2 Å². The smallest absolute Gasteiger partial charge is 0.248 e. The number of nitrogens with zero attached hydrogens (tertiary/aromatic N) is 1. The number of carbonyl (C=O) groups excluding carboxylic acids is 2. The van der Waals surface area contributed by atoms with Gasteiger partial charge in [0.05, 0.1) is 12.6 Å². The molecule has 0 radical (unpaired) electrons. The van der Waals surface area contributed by atoms with Crippen LogP contribution in [-0.4, -0.2) is 48.1 Å². The van der Waals surface area contributed by atoms with Crippen LogP contribution in [0.3, 0.4) is 0 Å². The van der Waals surface area contributed by atoms with E-state index in [4.69, 9.17) is 4.74 Å². The highest BCUT2D eigenvalue weighted by Crippen LogP contribution is 2.18. The molecule has 5 heteroatoms. The molecule has 1 fully saturated rings. The Morgan fingerprint density at radius 1 is 1.47 bits per heavy atom. The molecule has 2 atom stereocenters. The molecule has 0 spiro atoms. The number of amides is 2. The lowest BCUT2D eigenvalue weighted by Crippen LogP contribution is -2.65. The molecule has 0 saturated carbocycles. The molecule has 1 aliphatic rings. The van der Waals surface area contributed by atoms with Crippen LogP contribution in [0.2, 0.25) is 0 Å². The predicted molar refractivity (Wildman–Crippen MR) is 64.5 cm³/mol. The lowest BCUT2D eigenvalue weighted by Gasteiger charge is -2.40. The fourth-order valence-corrected chi connectivity index (χ4v) is 2.03. The summed E-state index contributed by atoms with van der Waals surface area (Å²) in [4.78, 5) is 25.4. The number of nitrogens with one attached hydrogen (secondary N) is 1. The molecule has 1 aliphatic heterocycles. The summed E-state index contributed by atoms with van der Waals surface area (Å²) in [5.74, 6) is -0.121. The number of ether oxygens (including phenoxy) is 1. The third kappa shape index (κ3) is 3.19. The van der Waals surface area contributed by atoms with Gasteiger partial charge in [0.2, 0.25) is 11.8 Å². The van der Waals surface area contributed by atoms with E-state index in [2.05, 4.69) is 5.32 Å². The van der Waals surface area contributed by atoms with Crippen LogP contribution in [-0.2, 0) is 14.3 Å². The average molecular weight is 242 g/mol. The Hall–Kier alpha value is -1.10. The molecular formula is C12H22N2O3. The molecule has 0 aromatic rings. The zero-order valence-corrected chi connectivity index (χ0v) is 11.1. The second kappa shape index (κ2) is 5.49. The van der Waals surface area contributed by atoms with Gasteiger partial charge in [-0.2, -0.15) is 0 Å². The predicted octanol–water partition coefficient (Wildman–Crippen LogP) is 0.538. The summed E-state index contributed by atoms with van der Waals surface area (Å²) in [5, 5.41) is 2.76. The summed E-state index contributed by atoms with van der Waals surface area (Å²) in [7, 11) is 0. The number of hydrogen-bond donors (Lipinski definition) is 1. The zero-order chi connectivity index (χ0) is 13.1. The normalized spacial score (nSPS) is 26.9. The van der Waals surface area contributed by atoms with E-state index in [0.29, 0.717) is 19.6 Å². The Bertz CT molecular complexity index is 306. The lowest BCUT2D eigenvalue weighted by atomic mass is 9.94. The van der Waals surface area contributed by atoms with Crippen molar-refractivity contribution in [2.45, 2.75) is 45.8 Å². The van der Waals surface area contributed by atoms with E-state index in [1.165, 1.54) is 0 Å². The first-order valence-corrected chi connectivity index (χ1v) is 6.15. The first kappa shape index (κ1) is 14.0. The van der Waals surface area contributed by atoms with Crippen LogP contribution >= 0.6 is 0 Å². The molecule has 1 heterocycles. The highest BCUT2D eigenvalue weighted by atomic mass is 16.5. The molecule has 5 nitrogen and oxygen atoms in total. The van der Waals surface area contributed by atoms with Crippen LogP contribution in [0.5, 0.6) is 0 Å². The van der Waals surface area contributed by atoms with Crippen molar-refractivity contribution in [3.63, 3.8) is 0 Å². The van der Waals surface area contributed by atoms with Gasteiger partial charge in [-0.3, -0.25) is 9.59 Å². The van der Waals surface area contributed by atoms with Crippen molar-refractivity contribution in [2.24, 2.45) is 0 Å². The number of rotatable bonds is 5. The third-order valence-electron chi connectivity index (χ3n) is 3.14. The van der Waals surface area contributed by atoms with Crippen molar-refractivity contribution in [3.8, 4) is 0 Å². The second-order valence-corrected chi connectivity index (χ2v) is 4.69. The van der Waals surface area contributed by atoms with Crippen LogP contribution < -0.4 is 5.32 Å². The standard InChI is InChI=1S/C12H22N2O3/c1-5-12(4)11(16)14(8-10(15)13-12)7-9(3)17-6-2/h9H,5-8H2,1-4H3,(H,13,15). The van der Waals surface area contributed by atoms with Gasteiger partial charge < -0.3 is 15.0 Å². The minimum Gasteiger partial charge on any atom is -0.377 e. The quantitative estimate of drug-likeness (QED) is 0.765. The van der Waals surface area contributed by atoms with E-state index in [0.717, 1.165) is 0 Å². The van der Waals surface area contributed by atoms with Crippen LogP contribution in [0, 0.1) is 0 Å². The van der Waals surface area contributed by atoms with Crippen LogP contribution in [0.15, 0.2) is 0 Å². The summed E-state index contributed by atoms with van der Waals surface area (Å²) in [6.07, 6.45) is 0.549. The number of carbonyl (C=O) groups is 2. The van der Waals surface area contributed by atoms with Crippen molar-refractivity contribution < 1.29 is 14.3 Å². The van der Waals surface area contributed by atoms with Crippen LogP contribution in [0.1, 0.15) is 34.1 Å². The zero-order valence-electron chi connectivity index (χ0n) is 11.1. The number of hydrogen-bond acceptors (Lipinski definition) is 3. The maximum atomic E-state index is 12.2. The van der Waals surface area contributed by atoms with E-state index in [-0.39, 0.29) is 24.5 Å². The van der Waals surface area contributed by atoms with E-state index in [9.17, 15) is 9.59 Å². The van der Waals surface area contributed by atoms with Crippen LogP contribution in [0.4, 0.5) is 0 Å². The van der Waals surface area contributed by atoms with Crippen LogP contribution in [0.25, 0.3) is 0 Å². The van der Waals surface area contributed by atoms with Gasteiger partial charge >= 0.3 is 0 Å². The minimum absolute atomic E-state index is 0.0221. The van der Waals surface area contributed by atoms with Crippen molar-refractivity contribution in [1.82, 2.24) is 10.2 Å². The highest BCUT2D eigenvalue weighted by molar-refractivity contribution is 5.97.